The number of hydrogen-bond acceptors (Lipinski definition) is 7. The summed E-state index contributed by atoms with van der Waals surface area (Å²) in [7, 11) is 0. The minimum Gasteiger partial charge on any atom is -0.389 e. The van der Waals surface area contributed by atoms with E-state index in [9.17, 15) is 14.6 Å². The smallest absolute Gasteiger partial charge is 0.223 e. The lowest BCUT2D eigenvalue weighted by Crippen LogP contribution is -2.42. The van der Waals surface area contributed by atoms with Crippen molar-refractivity contribution in [2.75, 3.05) is 18.5 Å². The third-order valence-electron chi connectivity index (χ3n) is 5.51. The molecule has 0 saturated carbocycles. The number of aliphatic hydroxyl groups excluding tert-OH is 1. The zero-order valence-corrected chi connectivity index (χ0v) is 18.2. The molecule has 3 N–H and O–H groups in total. The van der Waals surface area contributed by atoms with Gasteiger partial charge in [0.1, 0.15) is 11.3 Å². The van der Waals surface area contributed by atoms with Gasteiger partial charge in [-0.1, -0.05) is 11.6 Å². The maximum atomic E-state index is 14.9. The van der Waals surface area contributed by atoms with Gasteiger partial charge in [0.25, 0.3) is 0 Å². The predicted octanol–water partition coefficient (Wildman–Crippen LogP) is 3.58. The Labute approximate surface area is 184 Å². The molecule has 0 unspecified atom stereocenters. The van der Waals surface area contributed by atoms with Crippen molar-refractivity contribution in [3.8, 4) is 11.3 Å². The summed E-state index contributed by atoms with van der Waals surface area (Å²) in [5.41, 5.74) is 1.25. The standard InChI is InChI=1S/C22H24ClFN4O3/c1-11-13-6-12(7-16(24)20(13)25-8-14(11)22(2,3)30)19-15(23)9-26-21(28-19)27-17-4-5-31-10-18(17)29/h6-9,17-18,29-30H,4-5,10H2,1-3H3,(H,26,27,28)/t17-,18-/m1/s1. The van der Waals surface area contributed by atoms with Crippen LogP contribution >= 0.6 is 11.6 Å². The first kappa shape index (κ1) is 21.8. The summed E-state index contributed by atoms with van der Waals surface area (Å²) in [6, 6.07) is 2.84. The highest BCUT2D eigenvalue weighted by atomic mass is 35.5. The van der Waals surface area contributed by atoms with Crippen molar-refractivity contribution < 1.29 is 19.3 Å². The quantitative estimate of drug-likeness (QED) is 0.563. The van der Waals surface area contributed by atoms with E-state index in [4.69, 9.17) is 16.3 Å². The number of aliphatic hydroxyl groups is 2. The van der Waals surface area contributed by atoms with Gasteiger partial charge in [-0.3, -0.25) is 4.98 Å². The van der Waals surface area contributed by atoms with E-state index < -0.39 is 17.5 Å². The van der Waals surface area contributed by atoms with E-state index in [0.717, 1.165) is 5.56 Å². The molecule has 2 atom stereocenters. The fourth-order valence-electron chi connectivity index (χ4n) is 3.84. The van der Waals surface area contributed by atoms with Gasteiger partial charge in [-0.2, -0.15) is 0 Å². The predicted molar refractivity (Wildman–Crippen MR) is 117 cm³/mol. The van der Waals surface area contributed by atoms with Crippen LogP contribution in [-0.4, -0.2) is 50.5 Å². The molecule has 9 heteroatoms. The van der Waals surface area contributed by atoms with Gasteiger partial charge in [-0.25, -0.2) is 14.4 Å². The molecule has 0 spiro atoms. The summed E-state index contributed by atoms with van der Waals surface area (Å²) in [5.74, 6) is -0.229. The van der Waals surface area contributed by atoms with Crippen LogP contribution < -0.4 is 5.32 Å². The van der Waals surface area contributed by atoms with Crippen LogP contribution in [0.25, 0.3) is 22.2 Å². The highest BCUT2D eigenvalue weighted by Crippen LogP contribution is 2.34. The average molecular weight is 447 g/mol. The van der Waals surface area contributed by atoms with Gasteiger partial charge in [0, 0.05) is 29.3 Å². The summed E-state index contributed by atoms with van der Waals surface area (Å²) in [6.45, 7) is 5.91. The maximum absolute atomic E-state index is 14.9. The molecule has 0 radical (unpaired) electrons. The van der Waals surface area contributed by atoms with E-state index in [1.807, 2.05) is 6.92 Å². The van der Waals surface area contributed by atoms with Crippen molar-refractivity contribution in [2.24, 2.45) is 0 Å². The topological polar surface area (TPSA) is 100 Å². The van der Waals surface area contributed by atoms with Gasteiger partial charge in [0.05, 0.1) is 41.3 Å². The highest BCUT2D eigenvalue weighted by Gasteiger charge is 2.25. The Morgan fingerprint density at radius 3 is 2.74 bits per heavy atom. The van der Waals surface area contributed by atoms with E-state index in [1.165, 1.54) is 18.5 Å². The monoisotopic (exact) mass is 446 g/mol. The zero-order chi connectivity index (χ0) is 22.3. The van der Waals surface area contributed by atoms with Crippen LogP contribution in [0.5, 0.6) is 0 Å². The largest absolute Gasteiger partial charge is 0.389 e. The van der Waals surface area contributed by atoms with Gasteiger partial charge in [-0.05, 0) is 44.9 Å². The average Bonchev–Trinajstić information content (AvgIpc) is 2.71. The molecule has 4 rings (SSSR count). The number of anilines is 1. The number of aromatic nitrogens is 3. The van der Waals surface area contributed by atoms with Crippen molar-refractivity contribution in [2.45, 2.75) is 44.9 Å². The lowest BCUT2D eigenvalue weighted by Gasteiger charge is -2.28. The van der Waals surface area contributed by atoms with Crippen LogP contribution in [0, 0.1) is 12.7 Å². The summed E-state index contributed by atoms with van der Waals surface area (Å²) < 4.78 is 20.2. The third-order valence-corrected chi connectivity index (χ3v) is 5.79. The number of fused-ring (bicyclic) bond motifs is 1. The Bertz CT molecular complexity index is 1140. The zero-order valence-electron chi connectivity index (χ0n) is 17.5. The first-order chi connectivity index (χ1) is 14.6. The second-order valence-corrected chi connectivity index (χ2v) is 8.69. The second-order valence-electron chi connectivity index (χ2n) is 8.28. The number of nitrogens with zero attached hydrogens (tertiary/aromatic N) is 3. The second kappa shape index (κ2) is 8.27. The number of halogens is 2. The Morgan fingerprint density at radius 1 is 1.26 bits per heavy atom. The molecule has 1 aliphatic heterocycles. The van der Waals surface area contributed by atoms with Crippen LogP contribution in [0.4, 0.5) is 10.3 Å². The van der Waals surface area contributed by atoms with Crippen molar-refractivity contribution >= 4 is 28.5 Å². The third kappa shape index (κ3) is 4.34. The number of nitrogens with one attached hydrogen (secondary N) is 1. The summed E-state index contributed by atoms with van der Waals surface area (Å²) in [4.78, 5) is 12.9. The molecule has 0 amide bonds. The van der Waals surface area contributed by atoms with Crippen molar-refractivity contribution in [3.05, 3.63) is 46.5 Å². The molecule has 2 aromatic heterocycles. The van der Waals surface area contributed by atoms with Crippen molar-refractivity contribution in [3.63, 3.8) is 0 Å². The number of hydrogen-bond donors (Lipinski definition) is 3. The molecular formula is C22H24ClFN4O3. The van der Waals surface area contributed by atoms with E-state index in [-0.39, 0.29) is 29.1 Å². The molecule has 1 aromatic carbocycles. The Hall–Kier alpha value is -2.39. The lowest BCUT2D eigenvalue weighted by atomic mass is 9.92. The molecule has 3 heterocycles. The number of aryl methyl sites for hydroxylation is 1. The number of pyridine rings is 1. The summed E-state index contributed by atoms with van der Waals surface area (Å²) >= 11 is 6.35. The highest BCUT2D eigenvalue weighted by molar-refractivity contribution is 6.33. The molecule has 31 heavy (non-hydrogen) atoms. The molecule has 0 bridgehead atoms. The number of rotatable bonds is 4. The number of benzene rings is 1. The summed E-state index contributed by atoms with van der Waals surface area (Å²) in [6.07, 6.45) is 2.87. The Kier molecular flexibility index (Phi) is 5.83. The fourth-order valence-corrected chi connectivity index (χ4v) is 4.04. The van der Waals surface area contributed by atoms with E-state index in [1.54, 1.807) is 19.9 Å². The van der Waals surface area contributed by atoms with Crippen LogP contribution in [0.3, 0.4) is 0 Å². The molecular weight excluding hydrogens is 423 g/mol. The molecule has 0 aliphatic carbocycles. The van der Waals surface area contributed by atoms with E-state index in [2.05, 4.69) is 20.3 Å². The first-order valence-corrected chi connectivity index (χ1v) is 10.4. The molecule has 164 valence electrons. The normalized spacial score (nSPS) is 19.6. The van der Waals surface area contributed by atoms with Crippen LogP contribution in [-0.2, 0) is 10.3 Å². The molecule has 1 aliphatic rings. The molecule has 1 saturated heterocycles. The van der Waals surface area contributed by atoms with E-state index >= 15 is 0 Å². The SMILES string of the molecule is Cc1c(C(C)(C)O)cnc2c(F)cc(-c3nc(N[C@@H]4CCOC[C@H]4O)ncc3Cl)cc12. The summed E-state index contributed by atoms with van der Waals surface area (Å²) in [5, 5.41) is 24.5. The Balaban J connectivity index is 1.78. The lowest BCUT2D eigenvalue weighted by molar-refractivity contribution is -0.0136. The van der Waals surface area contributed by atoms with Crippen molar-refractivity contribution in [1.82, 2.24) is 15.0 Å². The maximum Gasteiger partial charge on any atom is 0.223 e. The fraction of sp³-hybridized carbons (Fsp3) is 0.409. The first-order valence-electron chi connectivity index (χ1n) is 10.0. The van der Waals surface area contributed by atoms with Gasteiger partial charge in [0.15, 0.2) is 0 Å². The van der Waals surface area contributed by atoms with Crippen LogP contribution in [0.2, 0.25) is 5.02 Å². The van der Waals surface area contributed by atoms with Gasteiger partial charge >= 0.3 is 0 Å². The number of ether oxygens (including phenoxy) is 1. The van der Waals surface area contributed by atoms with E-state index in [0.29, 0.717) is 35.2 Å². The van der Waals surface area contributed by atoms with Gasteiger partial charge in [-0.15, -0.1) is 0 Å². The van der Waals surface area contributed by atoms with Crippen LogP contribution in [0.1, 0.15) is 31.4 Å². The van der Waals surface area contributed by atoms with Crippen molar-refractivity contribution in [1.29, 1.82) is 0 Å². The Morgan fingerprint density at radius 2 is 2.03 bits per heavy atom. The molecule has 1 fully saturated rings. The van der Waals surface area contributed by atoms with Crippen LogP contribution in [0.15, 0.2) is 24.5 Å². The molecule has 7 nitrogen and oxygen atoms in total. The van der Waals surface area contributed by atoms with Gasteiger partial charge in [0.2, 0.25) is 5.95 Å². The molecule has 3 aromatic rings. The van der Waals surface area contributed by atoms with Gasteiger partial charge < -0.3 is 20.3 Å². The minimum absolute atomic E-state index is 0.211. The minimum atomic E-state index is -1.12.